The van der Waals surface area contributed by atoms with Crippen LogP contribution in [-0.4, -0.2) is 18.9 Å². The van der Waals surface area contributed by atoms with Crippen molar-refractivity contribution < 1.29 is 0 Å². The van der Waals surface area contributed by atoms with E-state index in [0.717, 1.165) is 24.7 Å². The first kappa shape index (κ1) is 31.6. The number of hydrogen-bond acceptors (Lipinski definition) is 2. The fourth-order valence-corrected chi connectivity index (χ4v) is 15.1. The van der Waals surface area contributed by atoms with Crippen LogP contribution in [0.4, 0.5) is 0 Å². The predicted octanol–water partition coefficient (Wildman–Crippen LogP) is 13.8. The molecule has 286 valence electrons. The lowest BCUT2D eigenvalue weighted by Crippen LogP contribution is -2.41. The van der Waals surface area contributed by atoms with Gasteiger partial charge in [-0.1, -0.05) is 103 Å². The molecule has 5 aromatic carbocycles. The standard InChI is InChI=1S/C56H42N4/c1-8-19-56(20-9-1)27-40-36-14-4-5-15-37(36)52(56)51-49-45(29-58-54(40)51)60-44-28-57-53-34-24-30-21-31(25-34)23-33(22-30)46(53)48(44)39-26-43-47(50(49)55(39)60)38-16-6-7-17-42(38)59(43)41-18-10-12-32-11-2-3-13-35(32)41/h1-19,26,28-31,33-34,40,52H,20-25,27H2. The van der Waals surface area contributed by atoms with Crippen molar-refractivity contribution in [2.45, 2.75) is 68.6 Å². The zero-order valence-corrected chi connectivity index (χ0v) is 33.4. The summed E-state index contributed by atoms with van der Waals surface area (Å²) in [6.07, 6.45) is 23.0. The number of fused-ring (bicyclic) bond motifs is 11. The highest BCUT2D eigenvalue weighted by atomic mass is 15.0. The van der Waals surface area contributed by atoms with Gasteiger partial charge in [-0.2, -0.15) is 0 Å². The maximum atomic E-state index is 5.62. The van der Waals surface area contributed by atoms with Crippen molar-refractivity contribution in [3.05, 3.63) is 167 Å². The summed E-state index contributed by atoms with van der Waals surface area (Å²) in [5, 5.41) is 10.9. The van der Waals surface area contributed by atoms with Crippen LogP contribution < -0.4 is 0 Å². The number of nitrogens with zero attached hydrogens (tertiary/aromatic N) is 4. The molecule has 2 saturated carbocycles. The number of para-hydroxylation sites is 1. The number of pyridine rings is 2. The number of allylic oxidation sites excluding steroid dienone is 4. The van der Waals surface area contributed by atoms with E-state index < -0.39 is 0 Å². The first-order valence-corrected chi connectivity index (χ1v) is 22.6. The third-order valence-corrected chi connectivity index (χ3v) is 17.0. The highest BCUT2D eigenvalue weighted by molar-refractivity contribution is 6.36. The minimum atomic E-state index is 0.0120. The van der Waals surface area contributed by atoms with Gasteiger partial charge in [-0.05, 0) is 109 Å². The van der Waals surface area contributed by atoms with Gasteiger partial charge in [0.1, 0.15) is 0 Å². The normalized spacial score (nSPS) is 27.1. The lowest BCUT2D eigenvalue weighted by atomic mass is 9.51. The van der Waals surface area contributed by atoms with E-state index >= 15 is 0 Å². The Morgan fingerprint density at radius 1 is 0.567 bits per heavy atom. The van der Waals surface area contributed by atoms with E-state index in [1.807, 2.05) is 0 Å². The fourth-order valence-electron chi connectivity index (χ4n) is 15.1. The van der Waals surface area contributed by atoms with Crippen LogP contribution >= 0.6 is 0 Å². The molecule has 8 aliphatic rings. The van der Waals surface area contributed by atoms with E-state index in [9.17, 15) is 0 Å². The van der Waals surface area contributed by atoms with Gasteiger partial charge in [-0.25, -0.2) is 0 Å². The molecule has 5 heterocycles. The Morgan fingerprint density at radius 3 is 2.18 bits per heavy atom. The lowest BCUT2D eigenvalue weighted by molar-refractivity contribution is 0.165. The molecule has 0 saturated heterocycles. The molecule has 8 aliphatic carbocycles. The molecule has 5 unspecified atom stereocenters. The monoisotopic (exact) mass is 770 g/mol. The topological polar surface area (TPSA) is 35.1 Å². The summed E-state index contributed by atoms with van der Waals surface area (Å²) in [7, 11) is 0. The van der Waals surface area contributed by atoms with Gasteiger partial charge < -0.3 is 8.97 Å². The molecular weight excluding hydrogens is 729 g/mol. The molecule has 18 rings (SSSR count). The van der Waals surface area contributed by atoms with Crippen molar-refractivity contribution in [1.29, 1.82) is 0 Å². The molecule has 1 spiro atoms. The van der Waals surface area contributed by atoms with E-state index in [-0.39, 0.29) is 17.3 Å². The Labute approximate surface area is 347 Å². The summed E-state index contributed by atoms with van der Waals surface area (Å²) < 4.78 is 5.26. The number of aromatic nitrogens is 4. The number of benzene rings is 5. The zero-order chi connectivity index (χ0) is 38.6. The highest BCUT2D eigenvalue weighted by Gasteiger charge is 2.53. The number of rotatable bonds is 1. The maximum absolute atomic E-state index is 5.62. The molecule has 6 bridgehead atoms. The van der Waals surface area contributed by atoms with Crippen LogP contribution in [-0.2, 0) is 0 Å². The van der Waals surface area contributed by atoms with Crippen LogP contribution in [0.15, 0.2) is 134 Å². The molecule has 0 aliphatic heterocycles. The quantitative estimate of drug-likeness (QED) is 0.167. The molecule has 4 nitrogen and oxygen atoms in total. The minimum Gasteiger partial charge on any atom is -0.309 e. The van der Waals surface area contributed by atoms with E-state index in [2.05, 4.69) is 143 Å². The zero-order valence-electron chi connectivity index (χ0n) is 33.4. The molecule has 5 atom stereocenters. The minimum absolute atomic E-state index is 0.0120. The van der Waals surface area contributed by atoms with Crippen molar-refractivity contribution in [1.82, 2.24) is 18.9 Å². The third-order valence-electron chi connectivity index (χ3n) is 17.0. The first-order valence-electron chi connectivity index (χ1n) is 22.6. The van der Waals surface area contributed by atoms with Crippen LogP contribution in [0, 0.1) is 17.3 Å². The second kappa shape index (κ2) is 10.7. The van der Waals surface area contributed by atoms with Crippen molar-refractivity contribution in [3.63, 3.8) is 0 Å². The predicted molar refractivity (Wildman–Crippen MR) is 244 cm³/mol. The van der Waals surface area contributed by atoms with E-state index in [4.69, 9.17) is 9.97 Å². The molecule has 4 heteroatoms. The second-order valence-electron chi connectivity index (χ2n) is 19.7. The summed E-state index contributed by atoms with van der Waals surface area (Å²) >= 11 is 0. The SMILES string of the molecule is C1=CCC2(C=C1)CC1c3ccccc3C2c2c1ncc1c2c2c3c4ccccc4n(-c4cccc5ccccc45)c3cc3c4c5c(ncc4n1c32)C1CC2CC(C1)CC5C2. The Hall–Kier alpha value is -6.26. The molecule has 0 amide bonds. The van der Waals surface area contributed by atoms with Crippen molar-refractivity contribution in [2.24, 2.45) is 17.3 Å². The smallest absolute Gasteiger partial charge is 0.0729 e. The fraction of sp³-hybridized carbons (Fsp3) is 0.250. The van der Waals surface area contributed by atoms with Gasteiger partial charge in [0, 0.05) is 66.6 Å². The highest BCUT2D eigenvalue weighted by Crippen LogP contribution is 2.66. The lowest BCUT2D eigenvalue weighted by Gasteiger charge is -2.52. The third kappa shape index (κ3) is 3.62. The molecule has 60 heavy (non-hydrogen) atoms. The molecule has 2 fully saturated rings. The Morgan fingerprint density at radius 2 is 1.32 bits per heavy atom. The molecular formula is C56H42N4. The van der Waals surface area contributed by atoms with Crippen molar-refractivity contribution in [2.75, 3.05) is 0 Å². The van der Waals surface area contributed by atoms with Gasteiger partial charge in [0.25, 0.3) is 0 Å². The molecule has 5 aromatic heterocycles. The number of hydrogen-bond donors (Lipinski definition) is 0. The Balaban J connectivity index is 1.15. The van der Waals surface area contributed by atoms with E-state index in [0.29, 0.717) is 11.8 Å². The van der Waals surface area contributed by atoms with Crippen LogP contribution in [0.2, 0.25) is 0 Å². The summed E-state index contributed by atoms with van der Waals surface area (Å²) in [5.74, 6) is 3.30. The second-order valence-corrected chi connectivity index (χ2v) is 19.7. The summed E-state index contributed by atoms with van der Waals surface area (Å²) in [4.78, 5) is 11.2. The van der Waals surface area contributed by atoms with E-state index in [1.165, 1.54) is 137 Å². The largest absolute Gasteiger partial charge is 0.309 e. The van der Waals surface area contributed by atoms with E-state index in [1.54, 1.807) is 5.56 Å². The van der Waals surface area contributed by atoms with Gasteiger partial charge in [-0.15, -0.1) is 0 Å². The summed E-state index contributed by atoms with van der Waals surface area (Å²) in [5.41, 5.74) is 16.5. The summed E-state index contributed by atoms with van der Waals surface area (Å²) in [6.45, 7) is 0. The van der Waals surface area contributed by atoms with Crippen molar-refractivity contribution in [3.8, 4) is 5.69 Å². The average molecular weight is 771 g/mol. The molecule has 0 radical (unpaired) electrons. The Bertz CT molecular complexity index is 3630. The van der Waals surface area contributed by atoms with Gasteiger partial charge in [0.05, 0.1) is 51.4 Å². The van der Waals surface area contributed by atoms with Crippen LogP contribution in [0.5, 0.6) is 0 Å². The van der Waals surface area contributed by atoms with Crippen LogP contribution in [0.25, 0.3) is 76.4 Å². The van der Waals surface area contributed by atoms with Gasteiger partial charge in [-0.3, -0.25) is 9.97 Å². The van der Waals surface area contributed by atoms with Crippen LogP contribution in [0.1, 0.15) is 102 Å². The molecule has 10 aromatic rings. The average Bonchev–Trinajstić information content (AvgIpc) is 3.88. The summed E-state index contributed by atoms with van der Waals surface area (Å²) in [6, 6.07) is 37.0. The van der Waals surface area contributed by atoms with Gasteiger partial charge in [0.2, 0.25) is 0 Å². The molecule has 0 N–H and O–H groups in total. The maximum Gasteiger partial charge on any atom is 0.0729 e. The first-order chi connectivity index (χ1) is 29.7. The van der Waals surface area contributed by atoms with Gasteiger partial charge >= 0.3 is 0 Å². The Kier molecular flexibility index (Phi) is 5.65. The van der Waals surface area contributed by atoms with Crippen LogP contribution in [0.3, 0.4) is 0 Å². The van der Waals surface area contributed by atoms with Crippen molar-refractivity contribution >= 4 is 70.7 Å². The van der Waals surface area contributed by atoms with Gasteiger partial charge in [0.15, 0.2) is 0 Å².